The molecule has 1 aliphatic rings. The number of ether oxygens (including phenoxy) is 2. The second-order valence-corrected chi connectivity index (χ2v) is 6.98. The van der Waals surface area contributed by atoms with Gasteiger partial charge < -0.3 is 25.0 Å². The molecule has 0 bridgehead atoms. The monoisotopic (exact) mass is 383 g/mol. The Bertz CT molecular complexity index is 666. The summed E-state index contributed by atoms with van der Waals surface area (Å²) in [6.45, 7) is 1.52. The molecule has 1 saturated carbocycles. The highest BCUT2D eigenvalue weighted by Crippen LogP contribution is 2.41. The molecule has 2 atom stereocenters. The van der Waals surface area contributed by atoms with Gasteiger partial charge in [0.2, 0.25) is 11.8 Å². The molecule has 1 aliphatic carbocycles. The topological polar surface area (TPSA) is 79.9 Å². The van der Waals surface area contributed by atoms with Gasteiger partial charge in [0.25, 0.3) is 0 Å². The number of nitrogens with one attached hydrogen (secondary N) is 2. The number of hydrogen-bond donors (Lipinski definition) is 2. The maximum absolute atomic E-state index is 12.4. The predicted molar refractivity (Wildman–Crippen MR) is 101 cm³/mol. The molecule has 26 heavy (non-hydrogen) atoms. The van der Waals surface area contributed by atoms with E-state index in [1.807, 2.05) is 14.1 Å². The first-order chi connectivity index (χ1) is 12.4. The molecule has 2 N–H and O–H groups in total. The molecule has 0 heterocycles. The number of carbonyl (C=O) groups excluding carboxylic acids is 2. The maximum Gasteiger partial charge on any atom is 0.228 e. The van der Waals surface area contributed by atoms with Crippen LogP contribution in [0.5, 0.6) is 11.5 Å². The standard InChI is InChI=1S/C18H26ClN3O4/c1-22(2)7-5-6-20-17(23)11-8-12(11)18(24)21-14-10-15(25-3)13(19)9-16(14)26-4/h9-12H,5-8H2,1-4H3,(H,20,23)(H,21,24). The molecule has 0 spiro atoms. The molecule has 2 amide bonds. The minimum atomic E-state index is -0.324. The molecule has 2 unspecified atom stereocenters. The van der Waals surface area contributed by atoms with Gasteiger partial charge in [-0.1, -0.05) is 11.6 Å². The summed E-state index contributed by atoms with van der Waals surface area (Å²) in [4.78, 5) is 26.6. The molecule has 1 aromatic carbocycles. The molecule has 0 radical (unpaired) electrons. The van der Waals surface area contributed by atoms with Gasteiger partial charge in [0.05, 0.1) is 36.8 Å². The van der Waals surface area contributed by atoms with Crippen LogP contribution in [0.4, 0.5) is 5.69 Å². The fourth-order valence-corrected chi connectivity index (χ4v) is 2.93. The highest BCUT2D eigenvalue weighted by Gasteiger charge is 2.48. The quantitative estimate of drug-likeness (QED) is 0.637. The van der Waals surface area contributed by atoms with Gasteiger partial charge in [-0.25, -0.2) is 0 Å². The van der Waals surface area contributed by atoms with Gasteiger partial charge in [-0.2, -0.15) is 0 Å². The van der Waals surface area contributed by atoms with Crippen LogP contribution in [0.2, 0.25) is 5.02 Å². The summed E-state index contributed by atoms with van der Waals surface area (Å²) in [7, 11) is 6.97. The summed E-state index contributed by atoms with van der Waals surface area (Å²) >= 11 is 6.06. The van der Waals surface area contributed by atoms with E-state index in [1.54, 1.807) is 12.1 Å². The Kier molecular flexibility index (Phi) is 7.11. The molecule has 2 rings (SSSR count). The number of methoxy groups -OCH3 is 2. The molecular weight excluding hydrogens is 358 g/mol. The van der Waals surface area contributed by atoms with E-state index in [-0.39, 0.29) is 23.7 Å². The van der Waals surface area contributed by atoms with E-state index in [4.69, 9.17) is 21.1 Å². The van der Waals surface area contributed by atoms with Gasteiger partial charge in [-0.05, 0) is 33.5 Å². The summed E-state index contributed by atoms with van der Waals surface area (Å²) in [5.41, 5.74) is 0.468. The number of halogens is 1. The summed E-state index contributed by atoms with van der Waals surface area (Å²) in [5.74, 6) is 0.0127. The van der Waals surface area contributed by atoms with Crippen molar-refractivity contribution in [3.8, 4) is 11.5 Å². The molecule has 0 saturated heterocycles. The Balaban J connectivity index is 1.89. The average molecular weight is 384 g/mol. The molecule has 1 aromatic rings. The fourth-order valence-electron chi connectivity index (χ4n) is 2.70. The molecule has 1 fully saturated rings. The van der Waals surface area contributed by atoms with Crippen LogP contribution in [0.3, 0.4) is 0 Å². The van der Waals surface area contributed by atoms with Gasteiger partial charge in [-0.3, -0.25) is 9.59 Å². The van der Waals surface area contributed by atoms with Crippen LogP contribution in [0.15, 0.2) is 12.1 Å². The van der Waals surface area contributed by atoms with E-state index in [9.17, 15) is 9.59 Å². The lowest BCUT2D eigenvalue weighted by Crippen LogP contribution is -2.30. The maximum atomic E-state index is 12.4. The first-order valence-electron chi connectivity index (χ1n) is 8.52. The van der Waals surface area contributed by atoms with Crippen molar-refractivity contribution in [3.63, 3.8) is 0 Å². The van der Waals surface area contributed by atoms with Gasteiger partial charge in [0.15, 0.2) is 0 Å². The lowest BCUT2D eigenvalue weighted by atomic mass is 10.2. The number of anilines is 1. The highest BCUT2D eigenvalue weighted by molar-refractivity contribution is 6.32. The number of benzene rings is 1. The predicted octanol–water partition coefficient (Wildman–Crippen LogP) is 2.00. The molecule has 0 aromatic heterocycles. The van der Waals surface area contributed by atoms with E-state index in [0.717, 1.165) is 13.0 Å². The number of carbonyl (C=O) groups is 2. The number of nitrogens with zero attached hydrogens (tertiary/aromatic N) is 1. The number of rotatable bonds is 9. The zero-order valence-corrected chi connectivity index (χ0v) is 16.4. The molecule has 144 valence electrons. The third-order valence-electron chi connectivity index (χ3n) is 4.28. The lowest BCUT2D eigenvalue weighted by molar-refractivity contribution is -0.125. The van der Waals surface area contributed by atoms with Crippen molar-refractivity contribution >= 4 is 29.1 Å². The normalized spacial score (nSPS) is 18.4. The number of amides is 2. The van der Waals surface area contributed by atoms with Crippen LogP contribution in [0.1, 0.15) is 12.8 Å². The van der Waals surface area contributed by atoms with E-state index >= 15 is 0 Å². The molecule has 8 heteroatoms. The van der Waals surface area contributed by atoms with Crippen molar-refractivity contribution in [1.29, 1.82) is 0 Å². The lowest BCUT2D eigenvalue weighted by Gasteiger charge is -2.13. The molecule has 7 nitrogen and oxygen atoms in total. The van der Waals surface area contributed by atoms with E-state index < -0.39 is 0 Å². The van der Waals surface area contributed by atoms with Crippen molar-refractivity contribution in [2.24, 2.45) is 11.8 Å². The van der Waals surface area contributed by atoms with E-state index in [1.165, 1.54) is 14.2 Å². The SMILES string of the molecule is COc1cc(NC(=O)C2CC2C(=O)NCCCN(C)C)c(OC)cc1Cl. The average Bonchev–Trinajstić information content (AvgIpc) is 3.40. The van der Waals surface area contributed by atoms with Crippen LogP contribution in [0.25, 0.3) is 0 Å². The third-order valence-corrected chi connectivity index (χ3v) is 4.57. The smallest absolute Gasteiger partial charge is 0.228 e. The highest BCUT2D eigenvalue weighted by atomic mass is 35.5. The summed E-state index contributed by atoms with van der Waals surface area (Å²) < 4.78 is 10.4. The van der Waals surface area contributed by atoms with Gasteiger partial charge in [0.1, 0.15) is 11.5 Å². The first-order valence-corrected chi connectivity index (χ1v) is 8.90. The Morgan fingerprint density at radius 1 is 1.15 bits per heavy atom. The van der Waals surface area contributed by atoms with Crippen LogP contribution in [0, 0.1) is 11.8 Å². The third kappa shape index (κ3) is 5.25. The van der Waals surface area contributed by atoms with Crippen LogP contribution >= 0.6 is 11.6 Å². The summed E-state index contributed by atoms with van der Waals surface area (Å²) in [6, 6.07) is 3.19. The zero-order chi connectivity index (χ0) is 19.3. The fraction of sp³-hybridized carbons (Fsp3) is 0.556. The first kappa shape index (κ1) is 20.3. The van der Waals surface area contributed by atoms with Gasteiger partial charge >= 0.3 is 0 Å². The van der Waals surface area contributed by atoms with Crippen molar-refractivity contribution in [2.75, 3.05) is 46.7 Å². The van der Waals surface area contributed by atoms with Crippen LogP contribution in [-0.4, -0.2) is 58.1 Å². The second kappa shape index (κ2) is 9.09. The van der Waals surface area contributed by atoms with Crippen molar-refractivity contribution < 1.29 is 19.1 Å². The van der Waals surface area contributed by atoms with Crippen LogP contribution < -0.4 is 20.1 Å². The minimum absolute atomic E-state index is 0.0652. The van der Waals surface area contributed by atoms with Crippen molar-refractivity contribution in [1.82, 2.24) is 10.2 Å². The van der Waals surface area contributed by atoms with E-state index in [0.29, 0.717) is 35.2 Å². The van der Waals surface area contributed by atoms with Gasteiger partial charge in [-0.15, -0.1) is 0 Å². The van der Waals surface area contributed by atoms with Gasteiger partial charge in [0, 0.05) is 18.7 Å². The Hall–Kier alpha value is -1.99. The largest absolute Gasteiger partial charge is 0.495 e. The van der Waals surface area contributed by atoms with Crippen molar-refractivity contribution in [3.05, 3.63) is 17.2 Å². The van der Waals surface area contributed by atoms with Crippen molar-refractivity contribution in [2.45, 2.75) is 12.8 Å². The Morgan fingerprint density at radius 3 is 2.42 bits per heavy atom. The second-order valence-electron chi connectivity index (χ2n) is 6.57. The van der Waals surface area contributed by atoms with E-state index in [2.05, 4.69) is 15.5 Å². The van der Waals surface area contributed by atoms with Crippen LogP contribution in [-0.2, 0) is 9.59 Å². The summed E-state index contributed by atoms with van der Waals surface area (Å²) in [6.07, 6.45) is 1.43. The molecule has 0 aliphatic heterocycles. The zero-order valence-electron chi connectivity index (χ0n) is 15.6. The Labute approximate surface area is 159 Å². The summed E-state index contributed by atoms with van der Waals surface area (Å²) in [5, 5.41) is 6.08. The number of hydrogen-bond acceptors (Lipinski definition) is 5. The minimum Gasteiger partial charge on any atom is -0.495 e. The molecular formula is C18H26ClN3O4. The Morgan fingerprint density at radius 2 is 1.81 bits per heavy atom.